The normalized spacial score (nSPS) is 13.0. The molecule has 0 spiro atoms. The molecule has 0 bridgehead atoms. The van der Waals surface area contributed by atoms with Gasteiger partial charge in [-0.05, 0) is 39.0 Å². The van der Waals surface area contributed by atoms with Gasteiger partial charge in [0, 0.05) is 30.7 Å². The Morgan fingerprint density at radius 3 is 1.97 bits per heavy atom. The second kappa shape index (κ2) is 18.7. The molecule has 212 valence electrons. The molecule has 4 N–H and O–H groups in total. The first-order chi connectivity index (χ1) is 17.0. The second-order valence-electron chi connectivity index (χ2n) is 9.72. The first-order valence-electron chi connectivity index (χ1n) is 13.6. The summed E-state index contributed by atoms with van der Waals surface area (Å²) in [7, 11) is -4.09. The molecule has 0 aliphatic heterocycles. The smallest absolute Gasteiger partial charge is 0.285 e. The molecule has 2 amide bonds. The number of unbranched alkanes of at least 4 members (excludes halogenated alkanes) is 3. The Hall–Kier alpha value is -1.49. The average molecular weight is 533 g/mol. The highest BCUT2D eigenvalue weighted by atomic mass is 32.2. The molecule has 0 fully saturated rings. The second-order valence-corrected chi connectivity index (χ2v) is 11.3. The van der Waals surface area contributed by atoms with Crippen LogP contribution in [0.2, 0.25) is 0 Å². The lowest BCUT2D eigenvalue weighted by Gasteiger charge is -2.43. The van der Waals surface area contributed by atoms with Crippen molar-refractivity contribution in [1.82, 2.24) is 15.7 Å². The minimum absolute atomic E-state index is 0.245. The van der Waals surface area contributed by atoms with E-state index in [2.05, 4.69) is 44.9 Å². The van der Waals surface area contributed by atoms with Crippen molar-refractivity contribution >= 4 is 21.9 Å². The maximum absolute atomic E-state index is 13.1. The van der Waals surface area contributed by atoms with Gasteiger partial charge in [0.1, 0.15) is 11.8 Å². The van der Waals surface area contributed by atoms with Crippen molar-refractivity contribution in [3.8, 4) is 0 Å². The van der Waals surface area contributed by atoms with Crippen molar-refractivity contribution in [2.45, 2.75) is 117 Å². The summed E-state index contributed by atoms with van der Waals surface area (Å²) >= 11 is 0. The Kier molecular flexibility index (Phi) is 17.9. The predicted octanol–water partition coefficient (Wildman–Crippen LogP) is 3.80. The van der Waals surface area contributed by atoms with E-state index in [1.54, 1.807) is 12.0 Å². The maximum atomic E-state index is 13.1. The molecule has 1 atom stereocenters. The van der Waals surface area contributed by atoms with Gasteiger partial charge >= 0.3 is 0 Å². The summed E-state index contributed by atoms with van der Waals surface area (Å²) in [6, 6.07) is -1.25. The maximum Gasteiger partial charge on any atom is 0.285 e. The van der Waals surface area contributed by atoms with Gasteiger partial charge in [0.05, 0.1) is 0 Å². The Labute approximate surface area is 220 Å². The van der Waals surface area contributed by atoms with Crippen LogP contribution in [0.25, 0.3) is 0 Å². The molecule has 0 aliphatic carbocycles. The summed E-state index contributed by atoms with van der Waals surface area (Å²) in [6.07, 6.45) is 9.74. The molecule has 36 heavy (non-hydrogen) atoms. The number of hydrogen-bond acceptors (Lipinski definition) is 7. The van der Waals surface area contributed by atoms with Crippen LogP contribution in [-0.4, -0.2) is 62.3 Å². The number of carbonyl (C=O) groups is 2. The van der Waals surface area contributed by atoms with Gasteiger partial charge in [0.15, 0.2) is 0 Å². The van der Waals surface area contributed by atoms with E-state index in [1.165, 1.54) is 0 Å². The SMILES string of the molecule is C=C(C)C(=O)NCCCNC(=O)C(N)CS(=O)(=O)ON(CCCC)C(CCC)(CCCC)CCCC. The first kappa shape index (κ1) is 34.5. The zero-order valence-corrected chi connectivity index (χ0v) is 24.2. The van der Waals surface area contributed by atoms with Gasteiger partial charge in [0.25, 0.3) is 10.1 Å². The number of nitrogens with one attached hydrogen (secondary N) is 2. The van der Waals surface area contributed by atoms with E-state index in [-0.39, 0.29) is 18.0 Å². The molecule has 1 unspecified atom stereocenters. The number of carbonyl (C=O) groups excluding carboxylic acids is 2. The van der Waals surface area contributed by atoms with Crippen molar-refractivity contribution < 1.29 is 22.3 Å². The Bertz CT molecular complexity index is 749. The zero-order chi connectivity index (χ0) is 27.6. The highest BCUT2D eigenvalue weighted by molar-refractivity contribution is 7.86. The van der Waals surface area contributed by atoms with Crippen molar-refractivity contribution in [1.29, 1.82) is 0 Å². The topological polar surface area (TPSA) is 131 Å². The number of nitrogens with two attached hydrogens (primary N) is 1. The van der Waals surface area contributed by atoms with E-state index in [0.29, 0.717) is 25.1 Å². The molecule has 0 aromatic carbocycles. The van der Waals surface area contributed by atoms with E-state index in [4.69, 9.17) is 10.0 Å². The third kappa shape index (κ3) is 13.7. The summed E-state index contributed by atoms with van der Waals surface area (Å²) in [5.41, 5.74) is 5.99. The van der Waals surface area contributed by atoms with Crippen molar-refractivity contribution in [2.24, 2.45) is 5.73 Å². The van der Waals surface area contributed by atoms with Crippen LogP contribution in [0.5, 0.6) is 0 Å². The third-order valence-corrected chi connectivity index (χ3v) is 7.37. The van der Waals surface area contributed by atoms with E-state index in [0.717, 1.165) is 64.2 Å². The van der Waals surface area contributed by atoms with Gasteiger partial charge < -0.3 is 16.4 Å². The molecule has 0 heterocycles. The van der Waals surface area contributed by atoms with Gasteiger partial charge in [-0.1, -0.05) is 72.8 Å². The van der Waals surface area contributed by atoms with Crippen LogP contribution in [0.4, 0.5) is 0 Å². The quantitative estimate of drug-likeness (QED) is 0.110. The number of hydroxylamine groups is 2. The fourth-order valence-corrected chi connectivity index (χ4v) is 5.29. The summed E-state index contributed by atoms with van der Waals surface area (Å²) in [6.45, 7) is 14.8. The molecular weight excluding hydrogens is 480 g/mol. The van der Waals surface area contributed by atoms with Gasteiger partial charge in [-0.25, -0.2) is 0 Å². The lowest BCUT2D eigenvalue weighted by molar-refractivity contribution is -0.153. The molecule has 0 radical (unpaired) electrons. The van der Waals surface area contributed by atoms with Crippen LogP contribution < -0.4 is 16.4 Å². The highest BCUT2D eigenvalue weighted by Crippen LogP contribution is 2.35. The molecule has 0 aromatic heterocycles. The average Bonchev–Trinajstić information content (AvgIpc) is 2.82. The van der Waals surface area contributed by atoms with Gasteiger partial charge in [-0.3, -0.25) is 9.59 Å². The van der Waals surface area contributed by atoms with Gasteiger partial charge in [-0.2, -0.15) is 17.8 Å². The molecule has 0 saturated heterocycles. The first-order valence-corrected chi connectivity index (χ1v) is 15.2. The number of nitrogens with zero attached hydrogens (tertiary/aromatic N) is 1. The minimum atomic E-state index is -4.09. The van der Waals surface area contributed by atoms with Crippen molar-refractivity contribution in [2.75, 3.05) is 25.4 Å². The predicted molar refractivity (Wildman–Crippen MR) is 147 cm³/mol. The van der Waals surface area contributed by atoms with Crippen LogP contribution in [0.15, 0.2) is 12.2 Å². The Morgan fingerprint density at radius 2 is 1.47 bits per heavy atom. The summed E-state index contributed by atoms with van der Waals surface area (Å²) in [5.74, 6) is -1.41. The third-order valence-electron chi connectivity index (χ3n) is 6.20. The molecule has 9 nitrogen and oxygen atoms in total. The monoisotopic (exact) mass is 532 g/mol. The van der Waals surface area contributed by atoms with Gasteiger partial charge in [0.2, 0.25) is 11.8 Å². The van der Waals surface area contributed by atoms with E-state index in [9.17, 15) is 18.0 Å². The van der Waals surface area contributed by atoms with Crippen molar-refractivity contribution in [3.05, 3.63) is 12.2 Å². The summed E-state index contributed by atoms with van der Waals surface area (Å²) < 4.78 is 31.9. The summed E-state index contributed by atoms with van der Waals surface area (Å²) in [4.78, 5) is 23.9. The zero-order valence-electron chi connectivity index (χ0n) is 23.4. The van der Waals surface area contributed by atoms with Crippen LogP contribution in [0.1, 0.15) is 105 Å². The number of amides is 2. The molecule has 0 aromatic rings. The van der Waals surface area contributed by atoms with Crippen LogP contribution in [0, 0.1) is 0 Å². The number of hydrogen-bond donors (Lipinski definition) is 3. The molecule has 0 saturated carbocycles. The molecule has 0 rings (SSSR count). The standard InChI is InChI=1S/C26H52N4O5S/c1-7-11-16-26(15-10-4,17-12-8-2)30(20-13-9-3)35-36(33,34)21-23(27)25(32)29-19-14-18-28-24(31)22(5)6/h23H,5,7-21,27H2,1-4,6H3,(H,28,31)(H,29,32). The fraction of sp³-hybridized carbons (Fsp3) is 0.846. The largest absolute Gasteiger partial charge is 0.355 e. The lowest BCUT2D eigenvalue weighted by Crippen LogP contribution is -2.52. The van der Waals surface area contributed by atoms with Crippen LogP contribution in [0.3, 0.4) is 0 Å². The van der Waals surface area contributed by atoms with Crippen molar-refractivity contribution in [3.63, 3.8) is 0 Å². The van der Waals surface area contributed by atoms with E-state index in [1.807, 2.05) is 0 Å². The van der Waals surface area contributed by atoms with E-state index >= 15 is 0 Å². The number of rotatable bonds is 22. The fourth-order valence-electron chi connectivity index (χ4n) is 4.13. The highest BCUT2D eigenvalue weighted by Gasteiger charge is 2.39. The van der Waals surface area contributed by atoms with Gasteiger partial charge in [-0.15, -0.1) is 0 Å². The minimum Gasteiger partial charge on any atom is -0.355 e. The van der Waals surface area contributed by atoms with Crippen LogP contribution >= 0.6 is 0 Å². The van der Waals surface area contributed by atoms with E-state index < -0.39 is 27.8 Å². The van der Waals surface area contributed by atoms with Crippen LogP contribution in [-0.2, 0) is 24.0 Å². The Balaban J connectivity index is 5.28. The molecular formula is C26H52N4O5S. The molecule has 10 heteroatoms. The molecule has 0 aliphatic rings. The summed E-state index contributed by atoms with van der Waals surface area (Å²) in [5, 5.41) is 7.01. The Morgan fingerprint density at radius 1 is 0.917 bits per heavy atom. The lowest BCUT2D eigenvalue weighted by atomic mass is 9.82.